The van der Waals surface area contributed by atoms with Gasteiger partial charge < -0.3 is 14.8 Å². The first kappa shape index (κ1) is 21.6. The molecule has 0 saturated heterocycles. The largest absolute Gasteiger partial charge is 0.497 e. The molecule has 0 spiro atoms. The molecule has 8 heteroatoms. The molecule has 2 aromatic carbocycles. The Morgan fingerprint density at radius 3 is 1.82 bits per heavy atom. The average Bonchev–Trinajstić information content (AvgIpc) is 2.67. The summed E-state index contributed by atoms with van der Waals surface area (Å²) in [6.07, 6.45) is 1.08. The molecule has 28 heavy (non-hydrogen) atoms. The van der Waals surface area contributed by atoms with Crippen LogP contribution in [0.2, 0.25) is 0 Å². The summed E-state index contributed by atoms with van der Waals surface area (Å²) < 4.78 is 36.1. The number of rotatable bonds is 8. The maximum atomic E-state index is 12.8. The van der Waals surface area contributed by atoms with Crippen molar-refractivity contribution >= 4 is 21.6 Å². The molecule has 152 valence electrons. The van der Waals surface area contributed by atoms with Gasteiger partial charge in [-0.05, 0) is 55.8 Å². The lowest BCUT2D eigenvalue weighted by molar-refractivity contribution is -0.122. The van der Waals surface area contributed by atoms with Crippen molar-refractivity contribution in [2.75, 3.05) is 24.8 Å². The summed E-state index contributed by atoms with van der Waals surface area (Å²) in [4.78, 5) is 12.8. The minimum absolute atomic E-state index is 0.293. The number of hydrogen-bond acceptors (Lipinski definition) is 5. The van der Waals surface area contributed by atoms with Crippen LogP contribution in [0.15, 0.2) is 48.5 Å². The Morgan fingerprint density at radius 2 is 1.39 bits per heavy atom. The van der Waals surface area contributed by atoms with Crippen LogP contribution in [-0.2, 0) is 14.8 Å². The number of carbonyl (C=O) groups excluding carboxylic acids is 1. The fourth-order valence-electron chi connectivity index (χ4n) is 2.85. The first-order valence-electron chi connectivity index (χ1n) is 8.75. The zero-order valence-corrected chi connectivity index (χ0v) is 17.5. The van der Waals surface area contributed by atoms with Crippen molar-refractivity contribution in [3.8, 4) is 11.5 Å². The predicted molar refractivity (Wildman–Crippen MR) is 109 cm³/mol. The van der Waals surface area contributed by atoms with E-state index >= 15 is 0 Å². The molecule has 2 atom stereocenters. The lowest BCUT2D eigenvalue weighted by Crippen LogP contribution is -2.48. The third kappa shape index (κ3) is 5.16. The second-order valence-electron chi connectivity index (χ2n) is 6.44. The number of nitrogens with one attached hydrogen (secondary N) is 1. The zero-order chi connectivity index (χ0) is 20.9. The van der Waals surface area contributed by atoms with E-state index in [4.69, 9.17) is 9.47 Å². The molecule has 1 amide bonds. The van der Waals surface area contributed by atoms with E-state index < -0.39 is 22.0 Å². The van der Waals surface area contributed by atoms with Crippen LogP contribution >= 0.6 is 0 Å². The molecule has 0 aromatic heterocycles. The van der Waals surface area contributed by atoms with E-state index in [1.54, 1.807) is 38.3 Å². The summed E-state index contributed by atoms with van der Waals surface area (Å²) in [6.45, 7) is 3.39. The normalized spacial score (nSPS) is 13.3. The van der Waals surface area contributed by atoms with E-state index in [9.17, 15) is 13.2 Å². The van der Waals surface area contributed by atoms with E-state index in [2.05, 4.69) is 5.32 Å². The molecule has 0 unspecified atom stereocenters. The Morgan fingerprint density at radius 1 is 0.929 bits per heavy atom. The second kappa shape index (κ2) is 8.97. The number of benzene rings is 2. The van der Waals surface area contributed by atoms with Gasteiger partial charge in [0, 0.05) is 0 Å². The molecule has 1 N–H and O–H groups in total. The highest BCUT2D eigenvalue weighted by atomic mass is 32.2. The standard InChI is InChI=1S/C20H26N2O5S/c1-14(16-6-10-18(26-3)11-7-16)21-20(23)15(2)22(28(5,24)25)17-8-12-19(27-4)13-9-17/h6-15H,1-5H3,(H,21,23)/t14-,15+/m1/s1. The van der Waals surface area contributed by atoms with Crippen LogP contribution in [0.5, 0.6) is 11.5 Å². The summed E-state index contributed by atoms with van der Waals surface area (Å²) in [5, 5.41) is 2.87. The van der Waals surface area contributed by atoms with Gasteiger partial charge in [0.1, 0.15) is 17.5 Å². The summed E-state index contributed by atoms with van der Waals surface area (Å²) in [5.74, 6) is 0.922. The van der Waals surface area contributed by atoms with Crippen LogP contribution in [0, 0.1) is 0 Å². The summed E-state index contributed by atoms with van der Waals surface area (Å²) in [6, 6.07) is 12.6. The van der Waals surface area contributed by atoms with Gasteiger partial charge in [-0.25, -0.2) is 8.42 Å². The van der Waals surface area contributed by atoms with Gasteiger partial charge in [-0.3, -0.25) is 9.10 Å². The van der Waals surface area contributed by atoms with Crippen molar-refractivity contribution in [3.63, 3.8) is 0 Å². The predicted octanol–water partition coefficient (Wildman–Crippen LogP) is 2.74. The summed E-state index contributed by atoms with van der Waals surface area (Å²) in [7, 11) is -0.564. The van der Waals surface area contributed by atoms with E-state index in [-0.39, 0.29) is 6.04 Å². The van der Waals surface area contributed by atoms with E-state index in [1.165, 1.54) is 7.11 Å². The molecule has 2 rings (SSSR count). The van der Waals surface area contributed by atoms with Crippen molar-refractivity contribution in [3.05, 3.63) is 54.1 Å². The quantitative estimate of drug-likeness (QED) is 0.729. The molecular weight excluding hydrogens is 380 g/mol. The number of sulfonamides is 1. The minimum atomic E-state index is -3.68. The minimum Gasteiger partial charge on any atom is -0.497 e. The fourth-order valence-corrected chi connectivity index (χ4v) is 4.02. The lowest BCUT2D eigenvalue weighted by atomic mass is 10.1. The molecular formula is C20H26N2O5S. The SMILES string of the molecule is COc1ccc([C@@H](C)NC(=O)[C@H](C)N(c2ccc(OC)cc2)S(C)(=O)=O)cc1. The van der Waals surface area contributed by atoms with Gasteiger partial charge in [-0.15, -0.1) is 0 Å². The second-order valence-corrected chi connectivity index (χ2v) is 8.30. The van der Waals surface area contributed by atoms with Crippen LogP contribution in [0.3, 0.4) is 0 Å². The Labute approximate surface area is 166 Å². The summed E-state index contributed by atoms with van der Waals surface area (Å²) >= 11 is 0. The number of carbonyl (C=O) groups is 1. The lowest BCUT2D eigenvalue weighted by Gasteiger charge is -2.29. The number of anilines is 1. The first-order chi connectivity index (χ1) is 13.2. The number of nitrogens with zero attached hydrogens (tertiary/aromatic N) is 1. The Balaban J connectivity index is 2.20. The molecule has 0 saturated carbocycles. The van der Waals surface area contributed by atoms with Gasteiger partial charge in [0.2, 0.25) is 15.9 Å². The van der Waals surface area contributed by atoms with Crippen molar-refractivity contribution < 1.29 is 22.7 Å². The molecule has 2 aromatic rings. The monoisotopic (exact) mass is 406 g/mol. The van der Waals surface area contributed by atoms with Gasteiger partial charge in [0.05, 0.1) is 32.2 Å². The van der Waals surface area contributed by atoms with Gasteiger partial charge >= 0.3 is 0 Å². The van der Waals surface area contributed by atoms with Crippen LogP contribution in [0.1, 0.15) is 25.5 Å². The molecule has 0 heterocycles. The maximum absolute atomic E-state index is 12.8. The van der Waals surface area contributed by atoms with Crippen LogP contribution in [-0.4, -0.2) is 40.8 Å². The average molecular weight is 407 g/mol. The zero-order valence-electron chi connectivity index (χ0n) is 16.7. The van der Waals surface area contributed by atoms with Gasteiger partial charge in [0.15, 0.2) is 0 Å². The molecule has 0 aliphatic rings. The fraction of sp³-hybridized carbons (Fsp3) is 0.350. The highest BCUT2D eigenvalue weighted by Gasteiger charge is 2.29. The highest BCUT2D eigenvalue weighted by molar-refractivity contribution is 7.92. The molecule has 0 bridgehead atoms. The van der Waals surface area contributed by atoms with E-state index in [0.717, 1.165) is 21.9 Å². The Kier molecular flexibility index (Phi) is 6.90. The van der Waals surface area contributed by atoms with Crippen molar-refractivity contribution in [2.45, 2.75) is 25.9 Å². The van der Waals surface area contributed by atoms with Crippen molar-refractivity contribution in [1.82, 2.24) is 5.32 Å². The third-order valence-corrected chi connectivity index (χ3v) is 5.63. The van der Waals surface area contributed by atoms with E-state index in [0.29, 0.717) is 11.4 Å². The number of amides is 1. The van der Waals surface area contributed by atoms with Gasteiger partial charge in [0.25, 0.3) is 0 Å². The maximum Gasteiger partial charge on any atom is 0.244 e. The number of ether oxygens (including phenoxy) is 2. The van der Waals surface area contributed by atoms with Crippen LogP contribution in [0.4, 0.5) is 5.69 Å². The van der Waals surface area contributed by atoms with Crippen molar-refractivity contribution in [2.24, 2.45) is 0 Å². The van der Waals surface area contributed by atoms with Gasteiger partial charge in [-0.1, -0.05) is 12.1 Å². The molecule has 0 radical (unpaired) electrons. The van der Waals surface area contributed by atoms with Crippen LogP contribution in [0.25, 0.3) is 0 Å². The van der Waals surface area contributed by atoms with E-state index in [1.807, 2.05) is 31.2 Å². The molecule has 0 aliphatic heterocycles. The summed E-state index contributed by atoms with van der Waals surface area (Å²) in [5.41, 5.74) is 1.28. The van der Waals surface area contributed by atoms with Crippen LogP contribution < -0.4 is 19.1 Å². The smallest absolute Gasteiger partial charge is 0.244 e. The topological polar surface area (TPSA) is 84.9 Å². The number of methoxy groups -OCH3 is 2. The highest BCUT2D eigenvalue weighted by Crippen LogP contribution is 2.24. The molecule has 7 nitrogen and oxygen atoms in total. The van der Waals surface area contributed by atoms with Gasteiger partial charge in [-0.2, -0.15) is 0 Å². The molecule has 0 aliphatic carbocycles. The Hall–Kier alpha value is -2.74. The van der Waals surface area contributed by atoms with Crippen molar-refractivity contribution in [1.29, 1.82) is 0 Å². The number of hydrogen-bond donors (Lipinski definition) is 1. The third-order valence-electron chi connectivity index (χ3n) is 4.39. The molecule has 0 fully saturated rings. The first-order valence-corrected chi connectivity index (χ1v) is 10.6. The Bertz CT molecular complexity index is 895.